The maximum atomic E-state index is 13.1. The largest absolute Gasteiger partial charge is 0.444 e. The molecule has 6 heteroatoms. The Kier molecular flexibility index (Phi) is 5.64. The number of carbonyl (C=O) groups is 1. The summed E-state index contributed by atoms with van der Waals surface area (Å²) in [6.45, 7) is 5.69. The number of carbonyl (C=O) groups excluding carboxylic acids is 1. The van der Waals surface area contributed by atoms with Crippen LogP contribution in [-0.4, -0.2) is 33.0 Å². The number of ether oxygens (including phenoxy) is 2. The minimum Gasteiger partial charge on any atom is -0.444 e. The number of nitrogens with zero attached hydrogens (tertiary/aromatic N) is 3. The topological polar surface area (TPSA) is 56.6 Å². The Hall–Kier alpha value is -3.12. The van der Waals surface area contributed by atoms with Crippen molar-refractivity contribution in [3.05, 3.63) is 82.7 Å². The summed E-state index contributed by atoms with van der Waals surface area (Å²) < 4.78 is 14.5. The third kappa shape index (κ3) is 4.14. The highest BCUT2D eigenvalue weighted by molar-refractivity contribution is 5.69. The Bertz CT molecular complexity index is 1210. The van der Waals surface area contributed by atoms with Crippen molar-refractivity contribution in [1.29, 1.82) is 0 Å². The van der Waals surface area contributed by atoms with Crippen molar-refractivity contribution in [2.75, 3.05) is 6.54 Å². The van der Waals surface area contributed by atoms with Crippen LogP contribution in [0.15, 0.2) is 54.7 Å². The molecule has 1 saturated heterocycles. The molecule has 182 valence electrons. The van der Waals surface area contributed by atoms with E-state index in [0.29, 0.717) is 25.0 Å². The molecule has 2 atom stereocenters. The van der Waals surface area contributed by atoms with Crippen molar-refractivity contribution in [3.63, 3.8) is 0 Å². The van der Waals surface area contributed by atoms with Crippen LogP contribution >= 0.6 is 0 Å². The fraction of sp³-hybridized carbons (Fsp3) is 0.448. The lowest BCUT2D eigenvalue weighted by molar-refractivity contribution is -0.136. The predicted molar refractivity (Wildman–Crippen MR) is 133 cm³/mol. The molecule has 6 rings (SSSR count). The summed E-state index contributed by atoms with van der Waals surface area (Å²) >= 11 is 0. The summed E-state index contributed by atoms with van der Waals surface area (Å²) in [6, 6.07) is 16.2. The molecule has 1 aromatic heterocycles. The summed E-state index contributed by atoms with van der Waals surface area (Å²) in [4.78, 5) is 15.0. The molecule has 0 radical (unpaired) electrons. The van der Waals surface area contributed by atoms with E-state index >= 15 is 0 Å². The molecule has 0 unspecified atom stereocenters. The van der Waals surface area contributed by atoms with Gasteiger partial charge in [0, 0.05) is 6.54 Å². The molecule has 0 N–H and O–H groups in total. The second-order valence-corrected chi connectivity index (χ2v) is 10.5. The number of para-hydroxylation sites is 1. The molecule has 3 aromatic rings. The van der Waals surface area contributed by atoms with Gasteiger partial charge in [0.25, 0.3) is 0 Å². The van der Waals surface area contributed by atoms with Crippen LogP contribution in [0.25, 0.3) is 5.69 Å². The number of benzene rings is 2. The van der Waals surface area contributed by atoms with Gasteiger partial charge in [0.1, 0.15) is 12.3 Å². The molecule has 1 aliphatic heterocycles. The number of piperidine rings is 1. The van der Waals surface area contributed by atoms with E-state index in [2.05, 4.69) is 36.7 Å². The van der Waals surface area contributed by atoms with Crippen molar-refractivity contribution in [1.82, 2.24) is 14.7 Å². The molecule has 6 nitrogen and oxygen atoms in total. The number of likely N-dealkylation sites (tertiary alicyclic amines) is 1. The zero-order valence-electron chi connectivity index (χ0n) is 20.6. The van der Waals surface area contributed by atoms with Crippen molar-refractivity contribution in [3.8, 4) is 5.69 Å². The second-order valence-electron chi connectivity index (χ2n) is 10.5. The van der Waals surface area contributed by atoms with Gasteiger partial charge in [0.2, 0.25) is 0 Å². The highest BCUT2D eigenvalue weighted by atomic mass is 16.6. The first kappa shape index (κ1) is 22.4. The van der Waals surface area contributed by atoms with Crippen LogP contribution in [-0.2, 0) is 22.7 Å². The van der Waals surface area contributed by atoms with Crippen LogP contribution < -0.4 is 0 Å². The van der Waals surface area contributed by atoms with Gasteiger partial charge in [-0.3, -0.25) is 4.90 Å². The van der Waals surface area contributed by atoms with E-state index in [1.54, 1.807) is 0 Å². The van der Waals surface area contributed by atoms with Crippen LogP contribution in [0.1, 0.15) is 66.0 Å². The van der Waals surface area contributed by atoms with Crippen LogP contribution in [0.4, 0.5) is 4.79 Å². The van der Waals surface area contributed by atoms with E-state index in [1.165, 1.54) is 29.5 Å². The number of amides is 1. The normalized spacial score (nSPS) is 23.1. The number of hydrogen-bond donors (Lipinski definition) is 0. The van der Waals surface area contributed by atoms with Crippen LogP contribution in [0, 0.1) is 19.8 Å². The summed E-state index contributed by atoms with van der Waals surface area (Å²) in [5, 5.41) is 4.82. The third-order valence-corrected chi connectivity index (χ3v) is 7.96. The number of aryl methyl sites for hydroxylation is 2. The molecule has 3 aliphatic rings. The molecule has 2 heterocycles. The molecule has 2 saturated carbocycles. The molecule has 0 spiro atoms. The first-order valence-corrected chi connectivity index (χ1v) is 12.8. The Morgan fingerprint density at radius 1 is 1.03 bits per heavy atom. The van der Waals surface area contributed by atoms with Gasteiger partial charge < -0.3 is 9.47 Å². The van der Waals surface area contributed by atoms with Gasteiger partial charge in [-0.15, -0.1) is 0 Å². The number of hydrogen-bond acceptors (Lipinski definition) is 4. The third-order valence-electron chi connectivity index (χ3n) is 7.96. The SMILES string of the molecule is Cc1cccc(C)c1-n1ncc(C2CC2)c1CO[C@]12CC[C@H](CN1C(=O)OCc1ccccc1)C2. The summed E-state index contributed by atoms with van der Waals surface area (Å²) in [5.74, 6) is 1.04. The maximum Gasteiger partial charge on any atom is 0.412 e. The monoisotopic (exact) mass is 471 g/mol. The summed E-state index contributed by atoms with van der Waals surface area (Å²) in [7, 11) is 0. The summed E-state index contributed by atoms with van der Waals surface area (Å²) in [6.07, 6.45) is 6.99. The Morgan fingerprint density at radius 3 is 2.51 bits per heavy atom. The standard InChI is InChI=1S/C29H33N3O3/c1-20-7-6-8-21(2)27(20)32-26(25(16-30-32)24-11-12-24)19-35-29-14-13-23(15-29)17-31(29)28(33)34-18-22-9-4-3-5-10-22/h3-10,16,23-24H,11-15,17-19H2,1-2H3/t23-,29-/m0/s1. The average Bonchev–Trinajstić information content (AvgIpc) is 3.35. The highest BCUT2D eigenvalue weighted by Gasteiger charge is 2.54. The Morgan fingerprint density at radius 2 is 1.80 bits per heavy atom. The van der Waals surface area contributed by atoms with E-state index in [1.807, 2.05) is 41.4 Å². The first-order chi connectivity index (χ1) is 17.0. The van der Waals surface area contributed by atoms with Crippen molar-refractivity contribution < 1.29 is 14.3 Å². The van der Waals surface area contributed by atoms with E-state index < -0.39 is 5.72 Å². The van der Waals surface area contributed by atoms with Gasteiger partial charge in [-0.05, 0) is 80.0 Å². The van der Waals surface area contributed by atoms with Crippen LogP contribution in [0.2, 0.25) is 0 Å². The number of fused-ring (bicyclic) bond motifs is 2. The lowest BCUT2D eigenvalue weighted by atomic mass is 10.1. The van der Waals surface area contributed by atoms with Gasteiger partial charge in [-0.1, -0.05) is 48.5 Å². The van der Waals surface area contributed by atoms with Crippen LogP contribution in [0.3, 0.4) is 0 Å². The lowest BCUT2D eigenvalue weighted by Gasteiger charge is -2.38. The van der Waals surface area contributed by atoms with Crippen LogP contribution in [0.5, 0.6) is 0 Å². The quantitative estimate of drug-likeness (QED) is 0.422. The van der Waals surface area contributed by atoms with E-state index in [-0.39, 0.29) is 12.7 Å². The van der Waals surface area contributed by atoms with E-state index in [4.69, 9.17) is 14.6 Å². The smallest absolute Gasteiger partial charge is 0.412 e. The minimum atomic E-state index is -0.588. The predicted octanol–water partition coefficient (Wildman–Crippen LogP) is 6.03. The van der Waals surface area contributed by atoms with Gasteiger partial charge in [-0.2, -0.15) is 5.10 Å². The van der Waals surface area contributed by atoms with Gasteiger partial charge in [-0.25, -0.2) is 9.48 Å². The maximum absolute atomic E-state index is 13.1. The molecule has 2 aromatic carbocycles. The van der Waals surface area contributed by atoms with Crippen molar-refractivity contribution >= 4 is 6.09 Å². The molecular weight excluding hydrogens is 438 g/mol. The van der Waals surface area contributed by atoms with Gasteiger partial charge >= 0.3 is 6.09 Å². The fourth-order valence-electron chi connectivity index (χ4n) is 5.96. The minimum absolute atomic E-state index is 0.276. The van der Waals surface area contributed by atoms with Crippen molar-refractivity contribution in [2.24, 2.45) is 5.92 Å². The van der Waals surface area contributed by atoms with Gasteiger partial charge in [0.15, 0.2) is 0 Å². The lowest BCUT2D eigenvalue weighted by Crippen LogP contribution is -2.50. The molecule has 1 amide bonds. The molecule has 35 heavy (non-hydrogen) atoms. The van der Waals surface area contributed by atoms with E-state index in [0.717, 1.165) is 36.2 Å². The molecule has 2 aliphatic carbocycles. The molecular formula is C29H33N3O3. The number of aromatic nitrogens is 2. The fourth-order valence-corrected chi connectivity index (χ4v) is 5.96. The average molecular weight is 472 g/mol. The molecule has 2 bridgehead atoms. The highest BCUT2D eigenvalue weighted by Crippen LogP contribution is 2.49. The Labute approximate surface area is 206 Å². The summed E-state index contributed by atoms with van der Waals surface area (Å²) in [5.41, 5.74) is 6.33. The van der Waals surface area contributed by atoms with E-state index in [9.17, 15) is 4.79 Å². The van der Waals surface area contributed by atoms with Crippen molar-refractivity contribution in [2.45, 2.75) is 70.8 Å². The molecule has 3 fully saturated rings. The Balaban J connectivity index is 1.24. The number of rotatable bonds is 7. The second kappa shape index (κ2) is 8.83. The zero-order valence-corrected chi connectivity index (χ0v) is 20.6. The first-order valence-electron chi connectivity index (χ1n) is 12.8. The zero-order chi connectivity index (χ0) is 24.0. The van der Waals surface area contributed by atoms with Gasteiger partial charge in [0.05, 0.1) is 24.2 Å².